The van der Waals surface area contributed by atoms with Crippen LogP contribution in [0.5, 0.6) is 11.8 Å². The number of para-hydroxylation sites is 1. The van der Waals surface area contributed by atoms with Gasteiger partial charge in [0, 0.05) is 35.8 Å². The van der Waals surface area contributed by atoms with Gasteiger partial charge in [-0.05, 0) is 18.2 Å². The number of carbonyl (C=O) groups is 1. The molecule has 0 aliphatic rings. The van der Waals surface area contributed by atoms with Gasteiger partial charge < -0.3 is 10.1 Å². The molecule has 0 aliphatic carbocycles. The van der Waals surface area contributed by atoms with Crippen LogP contribution in [0.15, 0.2) is 67.0 Å². The number of nitro groups is 1. The van der Waals surface area contributed by atoms with E-state index in [4.69, 9.17) is 4.74 Å². The normalized spacial score (nSPS) is 10.2. The summed E-state index contributed by atoms with van der Waals surface area (Å²) in [6.07, 6.45) is 3.01. The number of aromatic nitrogens is 2. The number of amides is 1. The number of anilines is 1. The molecule has 0 fully saturated rings. The fraction of sp³-hybridized carbons (Fsp3) is 0.0556. The van der Waals surface area contributed by atoms with Crippen LogP contribution in [0.4, 0.5) is 11.4 Å². The van der Waals surface area contributed by atoms with Crippen molar-refractivity contribution >= 4 is 17.3 Å². The fourth-order valence-electron chi connectivity index (χ4n) is 2.30. The molecule has 1 amide bonds. The number of nitro benzene ring substituents is 1. The summed E-state index contributed by atoms with van der Waals surface area (Å²) >= 11 is 0. The number of hydrogen-bond donors (Lipinski definition) is 1. The number of nitrogens with one attached hydrogen (secondary N) is 1. The van der Waals surface area contributed by atoms with Gasteiger partial charge in [0.1, 0.15) is 5.75 Å². The van der Waals surface area contributed by atoms with E-state index in [9.17, 15) is 14.9 Å². The van der Waals surface area contributed by atoms with Crippen molar-refractivity contribution in [3.8, 4) is 11.8 Å². The molecule has 26 heavy (non-hydrogen) atoms. The number of hydrogen-bond acceptors (Lipinski definition) is 6. The predicted molar refractivity (Wildman–Crippen MR) is 94.0 cm³/mol. The summed E-state index contributed by atoms with van der Waals surface area (Å²) in [6.45, 7) is 0. The Labute approximate surface area is 148 Å². The summed E-state index contributed by atoms with van der Waals surface area (Å²) in [4.78, 5) is 30.7. The maximum absolute atomic E-state index is 12.2. The van der Waals surface area contributed by atoms with Gasteiger partial charge >= 0.3 is 6.01 Å². The monoisotopic (exact) mass is 350 g/mol. The highest BCUT2D eigenvalue weighted by Gasteiger charge is 2.15. The van der Waals surface area contributed by atoms with Gasteiger partial charge in [0.15, 0.2) is 0 Å². The molecule has 0 bridgehead atoms. The summed E-state index contributed by atoms with van der Waals surface area (Å²) < 4.78 is 5.51. The first kappa shape index (κ1) is 17.0. The second-order valence-corrected chi connectivity index (χ2v) is 5.27. The lowest BCUT2D eigenvalue weighted by Crippen LogP contribution is -2.15. The quantitative estimate of drug-likeness (QED) is 0.539. The van der Waals surface area contributed by atoms with E-state index in [0.717, 1.165) is 0 Å². The van der Waals surface area contributed by atoms with Crippen LogP contribution in [0, 0.1) is 10.1 Å². The molecule has 0 atom stereocenters. The minimum absolute atomic E-state index is 0.0824. The summed E-state index contributed by atoms with van der Waals surface area (Å²) in [5.74, 6) is 0.0899. The van der Waals surface area contributed by atoms with Crippen LogP contribution in [-0.2, 0) is 11.2 Å². The molecule has 0 saturated heterocycles. The van der Waals surface area contributed by atoms with Gasteiger partial charge in [0.25, 0.3) is 5.69 Å². The standard InChI is InChI=1S/C18H14N4O4/c23-17(11-13-5-1-2-8-16(13)22(24)25)21-14-6-3-7-15(12-14)26-18-19-9-4-10-20-18/h1-10,12H,11H2,(H,21,23). The first-order valence-electron chi connectivity index (χ1n) is 7.69. The average Bonchev–Trinajstić information content (AvgIpc) is 2.63. The van der Waals surface area contributed by atoms with Gasteiger partial charge in [-0.15, -0.1) is 0 Å². The molecule has 3 rings (SSSR count). The molecule has 2 aromatic carbocycles. The molecule has 3 aromatic rings. The molecule has 1 N–H and O–H groups in total. The predicted octanol–water partition coefficient (Wildman–Crippen LogP) is 3.36. The third-order valence-electron chi connectivity index (χ3n) is 3.41. The first-order valence-corrected chi connectivity index (χ1v) is 7.69. The van der Waals surface area contributed by atoms with Crippen molar-refractivity contribution in [3.63, 3.8) is 0 Å². The highest BCUT2D eigenvalue weighted by molar-refractivity contribution is 5.93. The maximum atomic E-state index is 12.2. The van der Waals surface area contributed by atoms with Gasteiger partial charge in [0.2, 0.25) is 5.91 Å². The van der Waals surface area contributed by atoms with Gasteiger partial charge in [0.05, 0.1) is 11.3 Å². The Hall–Kier alpha value is -3.81. The van der Waals surface area contributed by atoms with E-state index >= 15 is 0 Å². The van der Waals surface area contributed by atoms with Gasteiger partial charge in [-0.25, -0.2) is 9.97 Å². The van der Waals surface area contributed by atoms with E-state index in [1.54, 1.807) is 60.9 Å². The Balaban J connectivity index is 1.68. The minimum atomic E-state index is -0.503. The summed E-state index contributed by atoms with van der Waals surface area (Å²) in [6, 6.07) is 14.7. The average molecular weight is 350 g/mol. The lowest BCUT2D eigenvalue weighted by molar-refractivity contribution is -0.385. The van der Waals surface area contributed by atoms with E-state index in [1.807, 2.05) is 0 Å². The molecular formula is C18H14N4O4. The van der Waals surface area contributed by atoms with Crippen molar-refractivity contribution in [1.82, 2.24) is 9.97 Å². The maximum Gasteiger partial charge on any atom is 0.321 e. The van der Waals surface area contributed by atoms with E-state index < -0.39 is 4.92 Å². The number of ether oxygens (including phenoxy) is 1. The van der Waals surface area contributed by atoms with Crippen molar-refractivity contribution in [3.05, 3.63) is 82.7 Å². The molecule has 0 unspecified atom stereocenters. The molecule has 0 aliphatic heterocycles. The SMILES string of the molecule is O=C(Cc1ccccc1[N+](=O)[O-])Nc1cccc(Oc2ncccn2)c1. The van der Waals surface area contributed by atoms with Crippen LogP contribution in [0.2, 0.25) is 0 Å². The summed E-state index contributed by atoms with van der Waals surface area (Å²) in [7, 11) is 0. The third-order valence-corrected chi connectivity index (χ3v) is 3.41. The van der Waals surface area contributed by atoms with Crippen molar-refractivity contribution in [2.75, 3.05) is 5.32 Å². The molecule has 1 heterocycles. The molecule has 1 aromatic heterocycles. The van der Waals surface area contributed by atoms with Gasteiger partial charge in [-0.2, -0.15) is 0 Å². The second-order valence-electron chi connectivity index (χ2n) is 5.27. The highest BCUT2D eigenvalue weighted by Crippen LogP contribution is 2.22. The van der Waals surface area contributed by atoms with Gasteiger partial charge in [-0.3, -0.25) is 14.9 Å². The molecule has 8 heteroatoms. The van der Waals surface area contributed by atoms with Crippen molar-refractivity contribution in [2.24, 2.45) is 0 Å². The van der Waals surface area contributed by atoms with Crippen LogP contribution in [-0.4, -0.2) is 20.8 Å². The number of rotatable bonds is 6. The van der Waals surface area contributed by atoms with E-state index in [1.165, 1.54) is 6.07 Å². The molecule has 130 valence electrons. The van der Waals surface area contributed by atoms with Crippen molar-refractivity contribution in [2.45, 2.75) is 6.42 Å². The lowest BCUT2D eigenvalue weighted by Gasteiger charge is -2.08. The first-order chi connectivity index (χ1) is 12.6. The molecule has 0 radical (unpaired) electrons. The zero-order chi connectivity index (χ0) is 18.4. The second kappa shape index (κ2) is 7.84. The lowest BCUT2D eigenvalue weighted by atomic mass is 10.1. The zero-order valence-corrected chi connectivity index (χ0v) is 13.5. The van der Waals surface area contributed by atoms with Crippen molar-refractivity contribution < 1.29 is 14.5 Å². The van der Waals surface area contributed by atoms with Crippen LogP contribution in [0.3, 0.4) is 0 Å². The molecular weight excluding hydrogens is 336 g/mol. The smallest absolute Gasteiger partial charge is 0.321 e. The highest BCUT2D eigenvalue weighted by atomic mass is 16.6. The minimum Gasteiger partial charge on any atom is -0.424 e. The number of nitrogens with zero attached hydrogens (tertiary/aromatic N) is 3. The number of carbonyl (C=O) groups excluding carboxylic acids is 1. The Morgan fingerprint density at radius 2 is 1.85 bits per heavy atom. The van der Waals surface area contributed by atoms with E-state index in [-0.39, 0.29) is 24.0 Å². The summed E-state index contributed by atoms with van der Waals surface area (Å²) in [5, 5.41) is 13.7. The van der Waals surface area contributed by atoms with Crippen LogP contribution in [0.25, 0.3) is 0 Å². The Morgan fingerprint density at radius 1 is 1.08 bits per heavy atom. The fourth-order valence-corrected chi connectivity index (χ4v) is 2.30. The topological polar surface area (TPSA) is 107 Å². The van der Waals surface area contributed by atoms with E-state index in [2.05, 4.69) is 15.3 Å². The Kier molecular flexibility index (Phi) is 5.14. The van der Waals surface area contributed by atoms with Gasteiger partial charge in [-0.1, -0.05) is 24.3 Å². The Morgan fingerprint density at radius 3 is 2.62 bits per heavy atom. The molecule has 0 spiro atoms. The molecule has 8 nitrogen and oxygen atoms in total. The largest absolute Gasteiger partial charge is 0.424 e. The van der Waals surface area contributed by atoms with Crippen LogP contribution < -0.4 is 10.1 Å². The van der Waals surface area contributed by atoms with E-state index in [0.29, 0.717) is 17.0 Å². The zero-order valence-electron chi connectivity index (χ0n) is 13.5. The molecule has 0 saturated carbocycles. The number of benzene rings is 2. The van der Waals surface area contributed by atoms with Crippen LogP contribution in [0.1, 0.15) is 5.56 Å². The summed E-state index contributed by atoms with van der Waals surface area (Å²) in [5.41, 5.74) is 0.767. The van der Waals surface area contributed by atoms with Crippen LogP contribution >= 0.6 is 0 Å². The van der Waals surface area contributed by atoms with Crippen molar-refractivity contribution in [1.29, 1.82) is 0 Å². The third kappa shape index (κ3) is 4.38. The Bertz CT molecular complexity index is 931.